The van der Waals surface area contributed by atoms with Crippen LogP contribution in [0.15, 0.2) is 0 Å². The van der Waals surface area contributed by atoms with Crippen molar-refractivity contribution in [3.63, 3.8) is 0 Å². The van der Waals surface area contributed by atoms with E-state index in [2.05, 4.69) is 12.2 Å². The molecular formula is C11H24N2. The van der Waals surface area contributed by atoms with Crippen molar-refractivity contribution in [3.8, 4) is 0 Å². The summed E-state index contributed by atoms with van der Waals surface area (Å²) in [5.74, 6) is 0.946. The third-order valence-corrected chi connectivity index (χ3v) is 2.93. The maximum atomic E-state index is 5.67. The quantitative estimate of drug-likeness (QED) is 0.640. The predicted molar refractivity (Wildman–Crippen MR) is 57.7 cm³/mol. The van der Waals surface area contributed by atoms with Crippen LogP contribution in [0, 0.1) is 5.92 Å². The molecule has 2 nitrogen and oxygen atoms in total. The van der Waals surface area contributed by atoms with E-state index in [0.29, 0.717) is 6.04 Å². The van der Waals surface area contributed by atoms with Crippen LogP contribution >= 0.6 is 0 Å². The normalized spacial score (nSPS) is 21.7. The van der Waals surface area contributed by atoms with Crippen LogP contribution in [0.3, 0.4) is 0 Å². The molecule has 78 valence electrons. The summed E-state index contributed by atoms with van der Waals surface area (Å²) >= 11 is 0. The molecule has 1 fully saturated rings. The number of nitrogens with two attached hydrogens (primary N) is 1. The minimum absolute atomic E-state index is 0.346. The highest BCUT2D eigenvalue weighted by Gasteiger charge is 2.12. The van der Waals surface area contributed by atoms with Gasteiger partial charge in [-0.2, -0.15) is 0 Å². The van der Waals surface area contributed by atoms with Crippen LogP contribution in [0.25, 0.3) is 0 Å². The Morgan fingerprint density at radius 1 is 1.31 bits per heavy atom. The maximum absolute atomic E-state index is 5.67. The molecule has 1 rings (SSSR count). The molecule has 0 spiro atoms. The summed E-state index contributed by atoms with van der Waals surface area (Å²) in [7, 11) is 0. The average Bonchev–Trinajstić information content (AvgIpc) is 2.14. The van der Waals surface area contributed by atoms with Crippen LogP contribution in [0.4, 0.5) is 0 Å². The van der Waals surface area contributed by atoms with Crippen LogP contribution in [-0.2, 0) is 0 Å². The standard InChI is InChI=1S/C11H24N2/c1-10(12)7-8-13-9-11-5-3-2-4-6-11/h10-11,13H,2-9,12H2,1H3. The number of hydrogen-bond donors (Lipinski definition) is 2. The smallest absolute Gasteiger partial charge is 0.00225 e. The number of nitrogens with one attached hydrogen (secondary N) is 1. The van der Waals surface area contributed by atoms with Crippen molar-refractivity contribution in [2.45, 2.75) is 51.5 Å². The average molecular weight is 184 g/mol. The Morgan fingerprint density at radius 3 is 2.62 bits per heavy atom. The summed E-state index contributed by atoms with van der Waals surface area (Å²) < 4.78 is 0. The summed E-state index contributed by atoms with van der Waals surface area (Å²) in [4.78, 5) is 0. The molecule has 0 aliphatic heterocycles. The fourth-order valence-electron chi connectivity index (χ4n) is 2.03. The van der Waals surface area contributed by atoms with Gasteiger partial charge in [0.2, 0.25) is 0 Å². The van der Waals surface area contributed by atoms with Crippen LogP contribution in [0.5, 0.6) is 0 Å². The van der Waals surface area contributed by atoms with Gasteiger partial charge in [-0.3, -0.25) is 0 Å². The maximum Gasteiger partial charge on any atom is 0.00225 e. The third kappa shape index (κ3) is 5.27. The molecule has 2 heteroatoms. The molecule has 1 saturated carbocycles. The highest BCUT2D eigenvalue weighted by atomic mass is 14.9. The van der Waals surface area contributed by atoms with Crippen LogP contribution in [0.1, 0.15) is 45.4 Å². The second-order valence-corrected chi connectivity index (χ2v) is 4.47. The summed E-state index contributed by atoms with van der Waals surface area (Å²) in [5.41, 5.74) is 5.67. The molecule has 13 heavy (non-hydrogen) atoms. The Kier molecular flexibility index (Phi) is 5.40. The second kappa shape index (κ2) is 6.39. The molecule has 1 unspecified atom stereocenters. The Morgan fingerprint density at radius 2 is 2.00 bits per heavy atom. The Labute approximate surface area is 82.3 Å². The van der Waals surface area contributed by atoms with Gasteiger partial charge < -0.3 is 11.1 Å². The summed E-state index contributed by atoms with van der Waals surface area (Å²) in [5, 5.41) is 3.51. The molecule has 1 aliphatic carbocycles. The lowest BCUT2D eigenvalue weighted by molar-refractivity contribution is 0.341. The lowest BCUT2D eigenvalue weighted by Gasteiger charge is -2.21. The highest BCUT2D eigenvalue weighted by molar-refractivity contribution is 4.68. The van der Waals surface area contributed by atoms with E-state index in [4.69, 9.17) is 5.73 Å². The molecule has 0 radical (unpaired) electrons. The SMILES string of the molecule is CC(N)CCNCC1CCCCC1. The van der Waals surface area contributed by atoms with Gasteiger partial charge in [0.25, 0.3) is 0 Å². The van der Waals surface area contributed by atoms with Gasteiger partial charge in [0.1, 0.15) is 0 Å². The van der Waals surface area contributed by atoms with Crippen molar-refractivity contribution in [2.75, 3.05) is 13.1 Å². The zero-order valence-corrected chi connectivity index (χ0v) is 8.89. The van der Waals surface area contributed by atoms with Crippen molar-refractivity contribution < 1.29 is 0 Å². The summed E-state index contributed by atoms with van der Waals surface area (Å²) in [6, 6.07) is 0.346. The fourth-order valence-corrected chi connectivity index (χ4v) is 2.03. The molecule has 0 aromatic rings. The zero-order chi connectivity index (χ0) is 9.52. The highest BCUT2D eigenvalue weighted by Crippen LogP contribution is 2.22. The van der Waals surface area contributed by atoms with E-state index in [-0.39, 0.29) is 0 Å². The first-order valence-corrected chi connectivity index (χ1v) is 5.75. The van der Waals surface area contributed by atoms with Crippen molar-refractivity contribution >= 4 is 0 Å². The van der Waals surface area contributed by atoms with Gasteiger partial charge in [-0.25, -0.2) is 0 Å². The van der Waals surface area contributed by atoms with E-state index in [0.717, 1.165) is 18.9 Å². The molecule has 0 bridgehead atoms. The summed E-state index contributed by atoms with van der Waals surface area (Å²) in [6.07, 6.45) is 8.32. The molecule has 0 amide bonds. The molecule has 0 saturated heterocycles. The van der Waals surface area contributed by atoms with E-state index >= 15 is 0 Å². The minimum atomic E-state index is 0.346. The predicted octanol–water partition coefficient (Wildman–Crippen LogP) is 1.89. The van der Waals surface area contributed by atoms with Gasteiger partial charge in [0.15, 0.2) is 0 Å². The van der Waals surface area contributed by atoms with E-state index in [1.807, 2.05) is 0 Å². The lowest BCUT2D eigenvalue weighted by atomic mass is 9.89. The topological polar surface area (TPSA) is 38.0 Å². The first-order valence-electron chi connectivity index (χ1n) is 5.75. The van der Waals surface area contributed by atoms with E-state index < -0.39 is 0 Å². The molecule has 1 atom stereocenters. The van der Waals surface area contributed by atoms with E-state index in [1.54, 1.807) is 0 Å². The van der Waals surface area contributed by atoms with Gasteiger partial charge in [0.05, 0.1) is 0 Å². The van der Waals surface area contributed by atoms with E-state index in [1.165, 1.54) is 38.6 Å². The van der Waals surface area contributed by atoms with Gasteiger partial charge in [0, 0.05) is 6.04 Å². The van der Waals surface area contributed by atoms with Crippen molar-refractivity contribution in [1.29, 1.82) is 0 Å². The van der Waals surface area contributed by atoms with Gasteiger partial charge in [-0.15, -0.1) is 0 Å². The molecule has 0 aromatic heterocycles. The Hall–Kier alpha value is -0.0800. The van der Waals surface area contributed by atoms with E-state index in [9.17, 15) is 0 Å². The van der Waals surface area contributed by atoms with Crippen molar-refractivity contribution in [3.05, 3.63) is 0 Å². The Balaban J connectivity index is 1.92. The van der Waals surface area contributed by atoms with Crippen molar-refractivity contribution in [1.82, 2.24) is 5.32 Å². The van der Waals surface area contributed by atoms with Crippen LogP contribution in [-0.4, -0.2) is 19.1 Å². The molecular weight excluding hydrogens is 160 g/mol. The van der Waals surface area contributed by atoms with Crippen LogP contribution in [0.2, 0.25) is 0 Å². The first kappa shape index (κ1) is 11.0. The molecule has 1 aliphatic rings. The number of hydrogen-bond acceptors (Lipinski definition) is 2. The third-order valence-electron chi connectivity index (χ3n) is 2.93. The Bertz CT molecular complexity index is 117. The molecule has 0 aromatic carbocycles. The largest absolute Gasteiger partial charge is 0.328 e. The first-order chi connectivity index (χ1) is 6.29. The van der Waals surface area contributed by atoms with Gasteiger partial charge >= 0.3 is 0 Å². The minimum Gasteiger partial charge on any atom is -0.328 e. The fraction of sp³-hybridized carbons (Fsp3) is 1.00. The molecule has 3 N–H and O–H groups in total. The van der Waals surface area contributed by atoms with Gasteiger partial charge in [-0.05, 0) is 45.2 Å². The monoisotopic (exact) mass is 184 g/mol. The zero-order valence-electron chi connectivity index (χ0n) is 8.89. The van der Waals surface area contributed by atoms with Crippen LogP contribution < -0.4 is 11.1 Å². The van der Waals surface area contributed by atoms with Gasteiger partial charge in [-0.1, -0.05) is 19.3 Å². The number of rotatable bonds is 5. The lowest BCUT2D eigenvalue weighted by Crippen LogP contribution is -2.28. The molecule has 0 heterocycles. The summed E-state index contributed by atoms with van der Waals surface area (Å²) in [6.45, 7) is 4.38. The van der Waals surface area contributed by atoms with Crippen molar-refractivity contribution in [2.24, 2.45) is 11.7 Å². The second-order valence-electron chi connectivity index (χ2n) is 4.47.